The number of carbonyl (C=O) groups excluding carboxylic acids is 1. The Morgan fingerprint density at radius 3 is 2.54 bits per heavy atom. The van der Waals surface area contributed by atoms with Crippen LogP contribution in [-0.4, -0.2) is 63.0 Å². The molecule has 0 atom stereocenters. The van der Waals surface area contributed by atoms with Gasteiger partial charge in [0.15, 0.2) is 0 Å². The number of nitrogens with zero attached hydrogens (tertiary/aromatic N) is 5. The number of hydrogen-bond acceptors (Lipinski definition) is 4. The fraction of sp³-hybridized carbons (Fsp3) is 0.227. The van der Waals surface area contributed by atoms with E-state index in [1.807, 2.05) is 46.0 Å². The maximum absolute atomic E-state index is 12.7. The second-order valence-electron chi connectivity index (χ2n) is 6.78. The molecule has 28 heavy (non-hydrogen) atoms. The SMILES string of the molecule is O=C(c1ccc(-n2ccnc2)nc1)N1CCN(C/C=C/c2ccccc2)CC1. The first-order chi connectivity index (χ1) is 13.8. The number of amides is 1. The van der Waals surface area contributed by atoms with Crippen LogP contribution in [0.3, 0.4) is 0 Å². The third kappa shape index (κ3) is 4.35. The number of piperazine rings is 1. The maximum Gasteiger partial charge on any atom is 0.255 e. The fourth-order valence-electron chi connectivity index (χ4n) is 3.28. The fourth-order valence-corrected chi connectivity index (χ4v) is 3.28. The standard InChI is InChI=1S/C22H23N5O/c28-22(20-8-9-21(24-17-20)27-12-10-23-18-27)26-15-13-25(14-16-26)11-4-7-19-5-2-1-3-6-19/h1-10,12,17-18H,11,13-16H2/b7-4+. The summed E-state index contributed by atoms with van der Waals surface area (Å²) >= 11 is 0. The van der Waals surface area contributed by atoms with E-state index in [9.17, 15) is 4.79 Å². The summed E-state index contributed by atoms with van der Waals surface area (Å²) in [4.78, 5) is 25.4. The normalized spacial score (nSPS) is 15.2. The highest BCUT2D eigenvalue weighted by molar-refractivity contribution is 5.94. The number of rotatable bonds is 5. The molecular weight excluding hydrogens is 350 g/mol. The topological polar surface area (TPSA) is 54.3 Å². The lowest BCUT2D eigenvalue weighted by Crippen LogP contribution is -2.48. The van der Waals surface area contributed by atoms with E-state index in [1.165, 1.54) is 5.56 Å². The first-order valence-electron chi connectivity index (χ1n) is 9.47. The molecule has 1 saturated heterocycles. The molecule has 0 saturated carbocycles. The summed E-state index contributed by atoms with van der Waals surface area (Å²) in [6, 6.07) is 14.0. The van der Waals surface area contributed by atoms with Crippen LogP contribution < -0.4 is 0 Å². The minimum absolute atomic E-state index is 0.0455. The Balaban J connectivity index is 1.28. The van der Waals surface area contributed by atoms with E-state index in [4.69, 9.17) is 0 Å². The molecule has 1 amide bonds. The molecule has 0 aliphatic carbocycles. The molecule has 4 rings (SSSR count). The summed E-state index contributed by atoms with van der Waals surface area (Å²) in [7, 11) is 0. The molecule has 2 aromatic heterocycles. The molecule has 142 valence electrons. The van der Waals surface area contributed by atoms with Crippen molar-refractivity contribution in [2.75, 3.05) is 32.7 Å². The Morgan fingerprint density at radius 1 is 1.04 bits per heavy atom. The smallest absolute Gasteiger partial charge is 0.255 e. The van der Waals surface area contributed by atoms with Crippen molar-refractivity contribution in [1.29, 1.82) is 0 Å². The Hall–Kier alpha value is -3.25. The van der Waals surface area contributed by atoms with E-state index in [0.29, 0.717) is 5.56 Å². The lowest BCUT2D eigenvalue weighted by atomic mass is 10.2. The van der Waals surface area contributed by atoms with Crippen LogP contribution in [0.15, 0.2) is 73.5 Å². The Kier molecular flexibility index (Phi) is 5.58. The Morgan fingerprint density at radius 2 is 1.86 bits per heavy atom. The molecule has 0 radical (unpaired) electrons. The lowest BCUT2D eigenvalue weighted by Gasteiger charge is -2.34. The summed E-state index contributed by atoms with van der Waals surface area (Å²) in [6.45, 7) is 4.14. The molecule has 0 bridgehead atoms. The van der Waals surface area contributed by atoms with Crippen LogP contribution in [0.1, 0.15) is 15.9 Å². The van der Waals surface area contributed by atoms with E-state index in [1.54, 1.807) is 18.7 Å². The number of imidazole rings is 1. The number of pyridine rings is 1. The van der Waals surface area contributed by atoms with Crippen molar-refractivity contribution in [1.82, 2.24) is 24.3 Å². The van der Waals surface area contributed by atoms with E-state index in [0.717, 1.165) is 38.5 Å². The molecular formula is C22H23N5O. The second-order valence-corrected chi connectivity index (χ2v) is 6.78. The molecule has 3 aromatic rings. The first-order valence-corrected chi connectivity index (χ1v) is 9.47. The van der Waals surface area contributed by atoms with Gasteiger partial charge in [-0.1, -0.05) is 42.5 Å². The van der Waals surface area contributed by atoms with E-state index >= 15 is 0 Å². The predicted molar refractivity (Wildman–Crippen MR) is 109 cm³/mol. The average Bonchev–Trinajstić information content (AvgIpc) is 3.30. The van der Waals surface area contributed by atoms with Crippen LogP contribution in [0.5, 0.6) is 0 Å². The van der Waals surface area contributed by atoms with Gasteiger partial charge in [0.1, 0.15) is 12.1 Å². The van der Waals surface area contributed by atoms with Gasteiger partial charge in [0.25, 0.3) is 5.91 Å². The molecule has 0 N–H and O–H groups in total. The van der Waals surface area contributed by atoms with Gasteiger partial charge < -0.3 is 4.90 Å². The zero-order valence-corrected chi connectivity index (χ0v) is 15.7. The van der Waals surface area contributed by atoms with Gasteiger partial charge in [0.2, 0.25) is 0 Å². The van der Waals surface area contributed by atoms with Crippen LogP contribution in [0.4, 0.5) is 0 Å². The van der Waals surface area contributed by atoms with Crippen LogP contribution >= 0.6 is 0 Å². The largest absolute Gasteiger partial charge is 0.336 e. The summed E-state index contributed by atoms with van der Waals surface area (Å²) < 4.78 is 1.82. The third-order valence-corrected chi connectivity index (χ3v) is 4.90. The van der Waals surface area contributed by atoms with Crippen molar-refractivity contribution in [2.24, 2.45) is 0 Å². The number of aromatic nitrogens is 3. The van der Waals surface area contributed by atoms with Crippen LogP contribution in [-0.2, 0) is 0 Å². The van der Waals surface area contributed by atoms with Crippen molar-refractivity contribution in [3.05, 3.63) is 84.6 Å². The molecule has 1 aromatic carbocycles. The Labute approximate surface area is 164 Å². The summed E-state index contributed by atoms with van der Waals surface area (Å²) in [5.74, 6) is 0.799. The average molecular weight is 373 g/mol. The predicted octanol–water partition coefficient (Wildman–Crippen LogP) is 2.74. The monoisotopic (exact) mass is 373 g/mol. The van der Waals surface area contributed by atoms with Gasteiger partial charge >= 0.3 is 0 Å². The van der Waals surface area contributed by atoms with Crippen LogP contribution in [0.25, 0.3) is 11.9 Å². The summed E-state index contributed by atoms with van der Waals surface area (Å²) in [6.07, 6.45) is 11.2. The Bertz CT molecular complexity index is 911. The zero-order chi connectivity index (χ0) is 19.2. The van der Waals surface area contributed by atoms with Crippen molar-refractivity contribution in [3.63, 3.8) is 0 Å². The van der Waals surface area contributed by atoms with E-state index in [2.05, 4.69) is 39.2 Å². The highest BCUT2D eigenvalue weighted by Gasteiger charge is 2.21. The van der Waals surface area contributed by atoms with Gasteiger partial charge in [-0.15, -0.1) is 0 Å². The van der Waals surface area contributed by atoms with Gasteiger partial charge in [-0.25, -0.2) is 9.97 Å². The molecule has 1 aliphatic heterocycles. The molecule has 1 fully saturated rings. The molecule has 0 spiro atoms. The van der Waals surface area contributed by atoms with Crippen molar-refractivity contribution in [2.45, 2.75) is 0 Å². The summed E-state index contributed by atoms with van der Waals surface area (Å²) in [5.41, 5.74) is 1.84. The molecule has 6 heteroatoms. The van der Waals surface area contributed by atoms with Crippen molar-refractivity contribution < 1.29 is 4.79 Å². The van der Waals surface area contributed by atoms with Crippen LogP contribution in [0.2, 0.25) is 0 Å². The highest BCUT2D eigenvalue weighted by atomic mass is 16.2. The number of hydrogen-bond donors (Lipinski definition) is 0. The van der Waals surface area contributed by atoms with Crippen LogP contribution in [0, 0.1) is 0 Å². The maximum atomic E-state index is 12.7. The van der Waals surface area contributed by atoms with Gasteiger partial charge in [0.05, 0.1) is 5.56 Å². The van der Waals surface area contributed by atoms with E-state index in [-0.39, 0.29) is 5.91 Å². The van der Waals surface area contributed by atoms with Gasteiger partial charge in [0, 0.05) is 51.3 Å². The van der Waals surface area contributed by atoms with Crippen molar-refractivity contribution >= 4 is 12.0 Å². The second kappa shape index (κ2) is 8.63. The minimum atomic E-state index is 0.0455. The zero-order valence-electron chi connectivity index (χ0n) is 15.7. The molecule has 1 aliphatic rings. The first kappa shape index (κ1) is 18.1. The van der Waals surface area contributed by atoms with E-state index < -0.39 is 0 Å². The molecule has 3 heterocycles. The number of carbonyl (C=O) groups is 1. The highest BCUT2D eigenvalue weighted by Crippen LogP contribution is 2.11. The third-order valence-electron chi connectivity index (χ3n) is 4.90. The number of benzene rings is 1. The van der Waals surface area contributed by atoms with Crippen molar-refractivity contribution in [3.8, 4) is 5.82 Å². The van der Waals surface area contributed by atoms with Gasteiger partial charge in [-0.05, 0) is 17.7 Å². The summed E-state index contributed by atoms with van der Waals surface area (Å²) in [5, 5.41) is 0. The molecule has 6 nitrogen and oxygen atoms in total. The van der Waals surface area contributed by atoms with Gasteiger partial charge in [-0.2, -0.15) is 0 Å². The lowest BCUT2D eigenvalue weighted by molar-refractivity contribution is 0.0650. The quantitative estimate of drug-likeness (QED) is 0.690. The van der Waals surface area contributed by atoms with Gasteiger partial charge in [-0.3, -0.25) is 14.3 Å². The minimum Gasteiger partial charge on any atom is -0.336 e. The molecule has 0 unspecified atom stereocenters.